The number of aliphatic hydroxyl groups excluding tert-OH is 2. The molecular weight excluding hydrogens is 547 g/mol. The fraction of sp³-hybridized carbons (Fsp3) is 0.348. The van der Waals surface area contributed by atoms with Gasteiger partial charge in [0.15, 0.2) is 0 Å². The van der Waals surface area contributed by atoms with Crippen molar-refractivity contribution in [3.05, 3.63) is 63.2 Å². The zero-order chi connectivity index (χ0) is 22.9. The molecule has 1 aromatic carbocycles. The number of benzene rings is 1. The molecule has 1 saturated heterocycles. The highest BCUT2D eigenvalue weighted by molar-refractivity contribution is 9.10. The van der Waals surface area contributed by atoms with Gasteiger partial charge in [-0.2, -0.15) is 11.8 Å². The molecule has 1 spiro atoms. The Morgan fingerprint density at radius 1 is 1.09 bits per heavy atom. The fourth-order valence-electron chi connectivity index (χ4n) is 5.35. The van der Waals surface area contributed by atoms with E-state index >= 15 is 0 Å². The molecule has 170 valence electrons. The molecule has 0 bridgehead atoms. The topological polar surface area (TPSA) is 84.1 Å². The van der Waals surface area contributed by atoms with Crippen molar-refractivity contribution >= 4 is 72.8 Å². The number of thioether (sulfide) groups is 1. The van der Waals surface area contributed by atoms with Crippen molar-refractivity contribution in [2.45, 2.75) is 36.3 Å². The highest BCUT2D eigenvalue weighted by atomic mass is 79.9. The van der Waals surface area contributed by atoms with E-state index in [1.54, 1.807) is 0 Å². The predicted molar refractivity (Wildman–Crippen MR) is 135 cm³/mol. The van der Waals surface area contributed by atoms with Gasteiger partial charge in [0.1, 0.15) is 28.4 Å². The van der Waals surface area contributed by atoms with E-state index in [9.17, 15) is 10.2 Å². The number of pyridine rings is 1. The van der Waals surface area contributed by atoms with Crippen LogP contribution in [0.1, 0.15) is 29.7 Å². The molecule has 0 amide bonds. The van der Waals surface area contributed by atoms with Crippen LogP contribution in [-0.4, -0.2) is 47.7 Å². The number of aromatic nitrogens is 4. The second kappa shape index (κ2) is 8.07. The Hall–Kier alpha value is -1.42. The number of nitrogens with zero attached hydrogens (tertiary/aromatic N) is 4. The van der Waals surface area contributed by atoms with E-state index in [1.165, 1.54) is 6.33 Å². The Morgan fingerprint density at radius 3 is 2.79 bits per heavy atom. The minimum absolute atomic E-state index is 0.206. The first-order valence-corrected chi connectivity index (χ1v) is 13.2. The van der Waals surface area contributed by atoms with E-state index in [0.29, 0.717) is 22.4 Å². The lowest BCUT2D eigenvalue weighted by atomic mass is 9.80. The van der Waals surface area contributed by atoms with Gasteiger partial charge in [0.2, 0.25) is 0 Å². The normalized spacial score (nSPS) is 29.6. The number of hydrogen-bond acceptors (Lipinski definition) is 6. The summed E-state index contributed by atoms with van der Waals surface area (Å²) in [7, 11) is 0. The van der Waals surface area contributed by atoms with Gasteiger partial charge in [0, 0.05) is 28.0 Å². The number of aliphatic hydroxyl groups is 2. The van der Waals surface area contributed by atoms with Crippen molar-refractivity contribution in [2.24, 2.45) is 5.41 Å². The summed E-state index contributed by atoms with van der Waals surface area (Å²) in [6.07, 6.45) is 3.03. The van der Waals surface area contributed by atoms with Crippen LogP contribution in [0.15, 0.2) is 47.3 Å². The molecule has 2 N–H and O–H groups in total. The Bertz CT molecular complexity index is 1400. The van der Waals surface area contributed by atoms with Crippen molar-refractivity contribution in [2.75, 3.05) is 5.75 Å². The second-order valence-electron chi connectivity index (χ2n) is 8.91. The maximum Gasteiger partial charge on any atom is 0.145 e. The van der Waals surface area contributed by atoms with Crippen LogP contribution in [0.3, 0.4) is 0 Å². The first kappa shape index (κ1) is 22.1. The van der Waals surface area contributed by atoms with Crippen LogP contribution >= 0.6 is 50.9 Å². The molecule has 0 radical (unpaired) electrons. The summed E-state index contributed by atoms with van der Waals surface area (Å²) in [5, 5.41) is 25.0. The van der Waals surface area contributed by atoms with Crippen molar-refractivity contribution in [1.82, 2.24) is 19.5 Å². The number of rotatable bonds is 2. The maximum atomic E-state index is 11.2. The monoisotopic (exact) mass is 564 g/mol. The summed E-state index contributed by atoms with van der Waals surface area (Å²) in [6, 6.07) is 9.81. The minimum Gasteiger partial charge on any atom is -0.390 e. The van der Waals surface area contributed by atoms with Crippen molar-refractivity contribution < 1.29 is 10.2 Å². The number of halogens is 3. The lowest BCUT2D eigenvalue weighted by Crippen LogP contribution is -2.36. The second-order valence-corrected chi connectivity index (χ2v) is 11.7. The molecule has 2 aliphatic rings. The molecule has 4 heterocycles. The van der Waals surface area contributed by atoms with Gasteiger partial charge in [-0.25, -0.2) is 15.0 Å². The molecule has 1 saturated carbocycles. The third kappa shape index (κ3) is 3.49. The van der Waals surface area contributed by atoms with Gasteiger partial charge in [-0.3, -0.25) is 0 Å². The fourth-order valence-corrected chi connectivity index (χ4v) is 7.75. The molecule has 1 aliphatic heterocycles. The molecule has 33 heavy (non-hydrogen) atoms. The van der Waals surface area contributed by atoms with Gasteiger partial charge in [0.05, 0.1) is 27.5 Å². The molecule has 1 aliphatic carbocycles. The van der Waals surface area contributed by atoms with Gasteiger partial charge in [-0.1, -0.05) is 35.3 Å². The third-order valence-corrected chi connectivity index (χ3v) is 10.1. The molecule has 3 aromatic heterocycles. The Balaban J connectivity index is 1.30. The van der Waals surface area contributed by atoms with Gasteiger partial charge in [-0.15, -0.1) is 0 Å². The summed E-state index contributed by atoms with van der Waals surface area (Å²) < 4.78 is 2.71. The largest absolute Gasteiger partial charge is 0.390 e. The van der Waals surface area contributed by atoms with E-state index in [-0.39, 0.29) is 16.7 Å². The number of fused-ring (bicyclic) bond motifs is 2. The van der Waals surface area contributed by atoms with Gasteiger partial charge in [-0.05, 0) is 52.5 Å². The van der Waals surface area contributed by atoms with Gasteiger partial charge < -0.3 is 14.8 Å². The standard InChI is InChI=1S/C23H19BrCl2N4O2S/c24-14-5-11-1-2-12(6-15(11)29-21(14)26)17-8-23(9-33-17)7-16(18(31)19(23)32)30-4-3-13-20(25)27-10-28-22(13)30/h1-6,10,16-19,31-32H,7-9H2/t16-,17+,18+,19+,23-/m1/s1. The highest BCUT2D eigenvalue weighted by Gasteiger charge is 2.56. The molecule has 4 aromatic rings. The van der Waals surface area contributed by atoms with Gasteiger partial charge >= 0.3 is 0 Å². The van der Waals surface area contributed by atoms with Crippen LogP contribution in [0, 0.1) is 5.41 Å². The maximum absolute atomic E-state index is 11.2. The lowest BCUT2D eigenvalue weighted by molar-refractivity contribution is -0.0204. The predicted octanol–water partition coefficient (Wildman–Crippen LogP) is 5.58. The molecule has 6 nitrogen and oxygen atoms in total. The smallest absolute Gasteiger partial charge is 0.145 e. The van der Waals surface area contributed by atoms with Crippen LogP contribution in [0.4, 0.5) is 0 Å². The third-order valence-electron chi connectivity index (χ3n) is 7.07. The molecule has 0 unspecified atom stereocenters. The van der Waals surface area contributed by atoms with E-state index < -0.39 is 12.2 Å². The average molecular weight is 566 g/mol. The summed E-state index contributed by atoms with van der Waals surface area (Å²) in [5.41, 5.74) is 2.30. The van der Waals surface area contributed by atoms with E-state index in [0.717, 1.165) is 38.5 Å². The lowest BCUT2D eigenvalue weighted by Gasteiger charge is -2.27. The van der Waals surface area contributed by atoms with Crippen molar-refractivity contribution in [1.29, 1.82) is 0 Å². The zero-order valence-corrected chi connectivity index (χ0v) is 21.1. The summed E-state index contributed by atoms with van der Waals surface area (Å²) in [6.45, 7) is 0. The first-order chi connectivity index (χ1) is 15.9. The van der Waals surface area contributed by atoms with Crippen LogP contribution < -0.4 is 0 Å². The van der Waals surface area contributed by atoms with Crippen molar-refractivity contribution in [3.63, 3.8) is 0 Å². The summed E-state index contributed by atoms with van der Waals surface area (Å²) >= 11 is 17.7. The quantitative estimate of drug-likeness (QED) is 0.244. The van der Waals surface area contributed by atoms with Gasteiger partial charge in [0.25, 0.3) is 0 Å². The molecule has 2 fully saturated rings. The molecular formula is C23H19BrCl2N4O2S. The Kier molecular flexibility index (Phi) is 5.40. The van der Waals surface area contributed by atoms with Crippen LogP contribution in [-0.2, 0) is 0 Å². The average Bonchev–Trinajstić information content (AvgIpc) is 3.48. The SMILES string of the molecule is O[C@H]1[C@H](n2ccc3c(Cl)ncnc32)C[C@@]2(CS[C@H](c3ccc4cc(Br)c(Cl)nc4c3)C2)[C@H]1O. The van der Waals surface area contributed by atoms with Crippen molar-refractivity contribution in [3.8, 4) is 0 Å². The molecule has 6 rings (SSSR count). The van der Waals surface area contributed by atoms with E-state index in [2.05, 4.69) is 49.1 Å². The Labute approximate surface area is 212 Å². The molecule has 10 heteroatoms. The summed E-state index contributed by atoms with van der Waals surface area (Å²) in [5.74, 6) is 0.772. The van der Waals surface area contributed by atoms with Crippen LogP contribution in [0.25, 0.3) is 21.9 Å². The minimum atomic E-state index is -0.886. The first-order valence-electron chi connectivity index (χ1n) is 10.6. The Morgan fingerprint density at radius 2 is 1.94 bits per heavy atom. The summed E-state index contributed by atoms with van der Waals surface area (Å²) in [4.78, 5) is 12.9. The van der Waals surface area contributed by atoms with E-state index in [1.807, 2.05) is 34.7 Å². The highest BCUT2D eigenvalue weighted by Crippen LogP contribution is 2.59. The zero-order valence-electron chi connectivity index (χ0n) is 17.2. The van der Waals surface area contributed by atoms with Crippen LogP contribution in [0.5, 0.6) is 0 Å². The molecule has 5 atom stereocenters. The number of hydrogen-bond donors (Lipinski definition) is 2. The van der Waals surface area contributed by atoms with E-state index in [4.69, 9.17) is 23.2 Å². The van der Waals surface area contributed by atoms with Crippen LogP contribution in [0.2, 0.25) is 10.3 Å².